The van der Waals surface area contributed by atoms with E-state index in [0.29, 0.717) is 0 Å². The van der Waals surface area contributed by atoms with Crippen LogP contribution in [0.5, 0.6) is 0 Å². The van der Waals surface area contributed by atoms with E-state index in [2.05, 4.69) is 47.6 Å². The van der Waals surface area contributed by atoms with E-state index in [1.165, 1.54) is 0 Å². The maximum absolute atomic E-state index is 11.9. The molecule has 1 aliphatic heterocycles. The Kier molecular flexibility index (Phi) is 3.64. The fraction of sp³-hybridized carbons (Fsp3) is 0.714. The third-order valence-corrected chi connectivity index (χ3v) is 4.52. The van der Waals surface area contributed by atoms with Gasteiger partial charge in [-0.15, -0.1) is 0 Å². The molecule has 17 heavy (non-hydrogen) atoms. The summed E-state index contributed by atoms with van der Waals surface area (Å²) in [7, 11) is -2.99. The molecule has 0 radical (unpaired) electrons. The van der Waals surface area contributed by atoms with Gasteiger partial charge < -0.3 is 0 Å². The van der Waals surface area contributed by atoms with Crippen LogP contribution in [0.25, 0.3) is 0 Å². The summed E-state index contributed by atoms with van der Waals surface area (Å²) in [6, 6.07) is 0. The van der Waals surface area contributed by atoms with Gasteiger partial charge in [-0.05, 0) is 22.0 Å². The zero-order chi connectivity index (χ0) is 13.5. The average molecular weight is 256 g/mol. The molecule has 0 aromatic heterocycles. The molecule has 1 heterocycles. The minimum Gasteiger partial charge on any atom is -0.228 e. The van der Waals surface area contributed by atoms with Gasteiger partial charge in [-0.2, -0.15) is 0 Å². The minimum absolute atomic E-state index is 0.00361. The number of hydrogen-bond acceptors (Lipinski definition) is 2. The summed E-state index contributed by atoms with van der Waals surface area (Å²) in [5.41, 5.74) is 2.04. The van der Waals surface area contributed by atoms with Crippen LogP contribution in [0.1, 0.15) is 41.5 Å². The number of rotatable bonds is 0. The molecule has 0 aromatic rings. The van der Waals surface area contributed by atoms with Gasteiger partial charge >= 0.3 is 0 Å². The van der Waals surface area contributed by atoms with E-state index < -0.39 is 9.84 Å². The van der Waals surface area contributed by atoms with E-state index in [9.17, 15) is 8.42 Å². The van der Waals surface area contributed by atoms with Crippen LogP contribution in [0.15, 0.2) is 23.3 Å². The zero-order valence-corrected chi connectivity index (χ0v) is 12.6. The van der Waals surface area contributed by atoms with Gasteiger partial charge in [0.1, 0.15) is 0 Å². The second kappa shape index (κ2) is 4.27. The Hall–Kier alpha value is -0.570. The molecule has 0 fully saturated rings. The van der Waals surface area contributed by atoms with Crippen LogP contribution in [-0.2, 0) is 9.84 Å². The highest BCUT2D eigenvalue weighted by molar-refractivity contribution is 7.91. The standard InChI is InChI=1S/C14H24O2S/c1-13(2,3)11-7-8-17(15,16)10-12(9-11)14(4,5)6/h7,9H,8,10H2,1-6H3. The summed E-state index contributed by atoms with van der Waals surface area (Å²) in [6.07, 6.45) is 3.96. The van der Waals surface area contributed by atoms with Gasteiger partial charge in [-0.25, -0.2) is 8.42 Å². The van der Waals surface area contributed by atoms with Gasteiger partial charge in [0.25, 0.3) is 0 Å². The predicted molar refractivity (Wildman–Crippen MR) is 73.7 cm³/mol. The van der Waals surface area contributed by atoms with E-state index in [1.807, 2.05) is 6.08 Å². The Bertz CT molecular complexity index is 451. The van der Waals surface area contributed by atoms with Crippen molar-refractivity contribution in [3.8, 4) is 0 Å². The van der Waals surface area contributed by atoms with Crippen molar-refractivity contribution < 1.29 is 8.42 Å². The molecule has 3 heteroatoms. The first kappa shape index (κ1) is 14.5. The summed E-state index contributed by atoms with van der Waals surface area (Å²) in [6.45, 7) is 12.6. The maximum atomic E-state index is 11.9. The molecular formula is C14H24O2S. The lowest BCUT2D eigenvalue weighted by molar-refractivity contribution is 0.489. The normalized spacial score (nSPS) is 21.5. The SMILES string of the molecule is CC(C)(C)C1=CCS(=O)(=O)CC(C(C)(C)C)=C1. The topological polar surface area (TPSA) is 34.1 Å². The van der Waals surface area contributed by atoms with Crippen molar-refractivity contribution in [1.29, 1.82) is 0 Å². The molecule has 0 bridgehead atoms. The van der Waals surface area contributed by atoms with Crippen molar-refractivity contribution in [1.82, 2.24) is 0 Å². The Morgan fingerprint density at radius 3 is 1.94 bits per heavy atom. The summed E-state index contributed by atoms with van der Waals surface area (Å²) in [5, 5.41) is 0. The second-order valence-electron chi connectivity index (χ2n) is 6.88. The van der Waals surface area contributed by atoms with Crippen LogP contribution in [0.4, 0.5) is 0 Å². The van der Waals surface area contributed by atoms with Crippen molar-refractivity contribution in [2.75, 3.05) is 11.5 Å². The molecule has 0 N–H and O–H groups in total. The molecule has 0 saturated heterocycles. The molecule has 1 aliphatic rings. The molecule has 0 atom stereocenters. The van der Waals surface area contributed by atoms with Crippen molar-refractivity contribution >= 4 is 9.84 Å². The van der Waals surface area contributed by atoms with Crippen LogP contribution in [0.3, 0.4) is 0 Å². The van der Waals surface area contributed by atoms with Gasteiger partial charge in [-0.3, -0.25) is 0 Å². The third kappa shape index (κ3) is 3.98. The smallest absolute Gasteiger partial charge is 0.157 e. The summed E-state index contributed by atoms with van der Waals surface area (Å²) >= 11 is 0. The molecule has 0 unspecified atom stereocenters. The van der Waals surface area contributed by atoms with E-state index in [1.54, 1.807) is 0 Å². The third-order valence-electron chi connectivity index (χ3n) is 3.09. The van der Waals surface area contributed by atoms with E-state index in [0.717, 1.165) is 11.1 Å². The Morgan fingerprint density at radius 1 is 1.00 bits per heavy atom. The van der Waals surface area contributed by atoms with Gasteiger partial charge in [0.05, 0.1) is 11.5 Å². The highest BCUT2D eigenvalue weighted by Crippen LogP contribution is 2.35. The van der Waals surface area contributed by atoms with Crippen molar-refractivity contribution in [2.24, 2.45) is 10.8 Å². The molecule has 98 valence electrons. The molecule has 0 aromatic carbocycles. The summed E-state index contributed by atoms with van der Waals surface area (Å²) in [5.74, 6) is 0.349. The Labute approximate surface area is 106 Å². The first-order valence-corrected chi connectivity index (χ1v) is 7.86. The number of hydrogen-bond donors (Lipinski definition) is 0. The van der Waals surface area contributed by atoms with Crippen LogP contribution in [0.2, 0.25) is 0 Å². The van der Waals surface area contributed by atoms with Gasteiger partial charge in [-0.1, -0.05) is 53.7 Å². The van der Waals surface area contributed by atoms with Gasteiger partial charge in [0.2, 0.25) is 0 Å². The first-order valence-electron chi connectivity index (χ1n) is 6.04. The Morgan fingerprint density at radius 2 is 1.53 bits per heavy atom. The minimum atomic E-state index is -2.99. The van der Waals surface area contributed by atoms with Gasteiger partial charge in [0, 0.05) is 0 Å². The predicted octanol–water partition coefficient (Wildman–Crippen LogP) is 3.36. The van der Waals surface area contributed by atoms with E-state index in [4.69, 9.17) is 0 Å². The quantitative estimate of drug-likeness (QED) is 0.666. The monoisotopic (exact) mass is 256 g/mol. The van der Waals surface area contributed by atoms with Crippen LogP contribution >= 0.6 is 0 Å². The highest BCUT2D eigenvalue weighted by Gasteiger charge is 2.27. The lowest BCUT2D eigenvalue weighted by atomic mass is 9.80. The molecule has 2 nitrogen and oxygen atoms in total. The fourth-order valence-electron chi connectivity index (χ4n) is 1.76. The molecular weight excluding hydrogens is 232 g/mol. The summed E-state index contributed by atoms with van der Waals surface area (Å²) < 4.78 is 23.8. The van der Waals surface area contributed by atoms with Crippen molar-refractivity contribution in [3.63, 3.8) is 0 Å². The number of allylic oxidation sites excluding steroid dienone is 2. The van der Waals surface area contributed by atoms with E-state index in [-0.39, 0.29) is 22.3 Å². The van der Waals surface area contributed by atoms with Crippen molar-refractivity contribution in [3.05, 3.63) is 23.3 Å². The average Bonchev–Trinajstić information content (AvgIpc) is 2.20. The van der Waals surface area contributed by atoms with Crippen LogP contribution < -0.4 is 0 Å². The Balaban J connectivity index is 3.30. The lowest BCUT2D eigenvalue weighted by Gasteiger charge is -2.25. The molecule has 0 aliphatic carbocycles. The van der Waals surface area contributed by atoms with Crippen molar-refractivity contribution in [2.45, 2.75) is 41.5 Å². The fourth-order valence-corrected chi connectivity index (χ4v) is 3.30. The maximum Gasteiger partial charge on any atom is 0.157 e. The first-order chi connectivity index (χ1) is 7.42. The molecule has 0 spiro atoms. The van der Waals surface area contributed by atoms with Crippen LogP contribution in [0, 0.1) is 10.8 Å². The highest BCUT2D eigenvalue weighted by atomic mass is 32.2. The van der Waals surface area contributed by atoms with Gasteiger partial charge in [0.15, 0.2) is 9.84 Å². The molecule has 1 rings (SSSR count). The zero-order valence-electron chi connectivity index (χ0n) is 11.8. The largest absolute Gasteiger partial charge is 0.228 e. The number of sulfone groups is 1. The lowest BCUT2D eigenvalue weighted by Crippen LogP contribution is -2.19. The van der Waals surface area contributed by atoms with E-state index >= 15 is 0 Å². The second-order valence-corrected chi connectivity index (χ2v) is 8.99. The molecule has 0 amide bonds. The summed E-state index contributed by atoms with van der Waals surface area (Å²) in [4.78, 5) is 0. The van der Waals surface area contributed by atoms with Crippen LogP contribution in [-0.4, -0.2) is 19.9 Å². The molecule has 0 saturated carbocycles.